The van der Waals surface area contributed by atoms with E-state index in [1.165, 1.54) is 0 Å². The molecule has 29 heavy (non-hydrogen) atoms. The van der Waals surface area contributed by atoms with Crippen molar-refractivity contribution in [2.75, 3.05) is 0 Å². The summed E-state index contributed by atoms with van der Waals surface area (Å²) < 4.78 is 1.80. The largest absolute Gasteiger partial charge is 0.344 e. The number of hydrogen-bond donors (Lipinski definition) is 2. The van der Waals surface area contributed by atoms with Crippen molar-refractivity contribution >= 4 is 11.6 Å². The molecule has 0 radical (unpaired) electrons. The van der Waals surface area contributed by atoms with Crippen molar-refractivity contribution in [3.05, 3.63) is 68.8 Å². The molecule has 3 aromatic rings. The Kier molecular flexibility index (Phi) is 5.49. The van der Waals surface area contributed by atoms with Gasteiger partial charge in [-0.25, -0.2) is 4.68 Å². The highest BCUT2D eigenvalue weighted by molar-refractivity contribution is 5.96. The average Bonchev–Trinajstić information content (AvgIpc) is 3.26. The van der Waals surface area contributed by atoms with Gasteiger partial charge in [-0.05, 0) is 32.9 Å². The maximum Gasteiger partial charge on any atom is 0.323 e. The minimum absolute atomic E-state index is 0.156. The third-order valence-electron chi connectivity index (χ3n) is 4.88. The molecule has 0 bridgehead atoms. The fourth-order valence-electron chi connectivity index (χ4n) is 3.23. The number of nitro groups is 1. The Labute approximate surface area is 168 Å². The first-order valence-electron chi connectivity index (χ1n) is 9.35. The van der Waals surface area contributed by atoms with Crippen molar-refractivity contribution in [1.82, 2.24) is 25.3 Å². The molecule has 1 atom stereocenters. The molecule has 0 aliphatic rings. The van der Waals surface area contributed by atoms with Gasteiger partial charge in [0.05, 0.1) is 22.8 Å². The van der Waals surface area contributed by atoms with Crippen LogP contribution in [-0.2, 0) is 0 Å². The lowest BCUT2D eigenvalue weighted by Gasteiger charge is -2.13. The maximum absolute atomic E-state index is 12.7. The fourth-order valence-corrected chi connectivity index (χ4v) is 3.23. The van der Waals surface area contributed by atoms with Gasteiger partial charge in [0.25, 0.3) is 5.91 Å². The summed E-state index contributed by atoms with van der Waals surface area (Å²) in [6.07, 6.45) is 1.69. The molecule has 0 aliphatic heterocycles. The second-order valence-electron chi connectivity index (χ2n) is 7.37. The van der Waals surface area contributed by atoms with Crippen molar-refractivity contribution in [1.29, 1.82) is 0 Å². The molecule has 1 aromatic carbocycles. The number of nitrogens with one attached hydrogen (secondary N) is 2. The van der Waals surface area contributed by atoms with Crippen LogP contribution in [0.4, 0.5) is 5.69 Å². The molecule has 9 nitrogen and oxygen atoms in total. The molecule has 2 aromatic heterocycles. The van der Waals surface area contributed by atoms with Crippen LogP contribution in [0.5, 0.6) is 0 Å². The summed E-state index contributed by atoms with van der Waals surface area (Å²) in [5, 5.41) is 25.2. The van der Waals surface area contributed by atoms with E-state index in [1.54, 1.807) is 24.7 Å². The Morgan fingerprint density at radius 2 is 1.86 bits per heavy atom. The maximum atomic E-state index is 12.7. The Morgan fingerprint density at radius 1 is 1.21 bits per heavy atom. The zero-order chi connectivity index (χ0) is 21.3. The monoisotopic (exact) mass is 396 g/mol. The third kappa shape index (κ3) is 3.89. The number of carbonyl (C=O) groups excluding carboxylic acids is 1. The van der Waals surface area contributed by atoms with Gasteiger partial charge in [-0.15, -0.1) is 0 Å². The van der Waals surface area contributed by atoms with E-state index in [4.69, 9.17) is 0 Å². The number of aryl methyl sites for hydroxylation is 1. The van der Waals surface area contributed by atoms with E-state index < -0.39 is 16.9 Å². The molecule has 152 valence electrons. The van der Waals surface area contributed by atoms with Gasteiger partial charge < -0.3 is 5.32 Å². The number of aromatic amines is 1. The summed E-state index contributed by atoms with van der Waals surface area (Å²) in [4.78, 5) is 23.6. The number of nitrogens with zero attached hydrogens (tertiary/aromatic N) is 4. The van der Waals surface area contributed by atoms with E-state index in [2.05, 4.69) is 20.6 Å². The van der Waals surface area contributed by atoms with Crippen LogP contribution in [0.25, 0.3) is 5.69 Å². The molecule has 2 N–H and O–H groups in total. The van der Waals surface area contributed by atoms with Crippen molar-refractivity contribution < 1.29 is 9.72 Å². The highest BCUT2D eigenvalue weighted by Gasteiger charge is 2.31. The molecule has 9 heteroatoms. The molecular weight excluding hydrogens is 372 g/mol. The smallest absolute Gasteiger partial charge is 0.323 e. The zero-order valence-corrected chi connectivity index (χ0v) is 17.1. The van der Waals surface area contributed by atoms with Gasteiger partial charge in [0, 0.05) is 17.2 Å². The molecule has 0 saturated carbocycles. The fraction of sp³-hybridized carbons (Fsp3) is 0.350. The lowest BCUT2D eigenvalue weighted by atomic mass is 10.1. The Morgan fingerprint density at radius 3 is 2.45 bits per heavy atom. The first kappa shape index (κ1) is 20.2. The molecule has 1 amide bonds. The molecule has 2 heterocycles. The number of hydrogen-bond acceptors (Lipinski definition) is 5. The van der Waals surface area contributed by atoms with Crippen LogP contribution < -0.4 is 5.32 Å². The normalized spacial score (nSPS) is 12.2. The topological polar surface area (TPSA) is 119 Å². The lowest BCUT2D eigenvalue weighted by Crippen LogP contribution is -2.28. The molecular formula is C20H24N6O3. The van der Waals surface area contributed by atoms with E-state index in [0.29, 0.717) is 5.69 Å². The van der Waals surface area contributed by atoms with Gasteiger partial charge in [-0.3, -0.25) is 20.0 Å². The van der Waals surface area contributed by atoms with Gasteiger partial charge in [-0.2, -0.15) is 10.2 Å². The first-order chi connectivity index (χ1) is 13.7. The summed E-state index contributed by atoms with van der Waals surface area (Å²) in [7, 11) is 0. The van der Waals surface area contributed by atoms with Crippen LogP contribution >= 0.6 is 0 Å². The van der Waals surface area contributed by atoms with Gasteiger partial charge in [0.2, 0.25) is 5.69 Å². The van der Waals surface area contributed by atoms with E-state index >= 15 is 0 Å². The first-order valence-corrected chi connectivity index (χ1v) is 9.35. The van der Waals surface area contributed by atoms with E-state index in [0.717, 1.165) is 22.5 Å². The second kappa shape index (κ2) is 7.86. The van der Waals surface area contributed by atoms with Crippen molar-refractivity contribution in [2.24, 2.45) is 0 Å². The van der Waals surface area contributed by atoms with Crippen molar-refractivity contribution in [3.63, 3.8) is 0 Å². The van der Waals surface area contributed by atoms with Crippen molar-refractivity contribution in [2.45, 2.75) is 46.6 Å². The lowest BCUT2D eigenvalue weighted by molar-refractivity contribution is -0.385. The molecule has 0 saturated heterocycles. The predicted octanol–water partition coefficient (Wildman–Crippen LogP) is 3.73. The van der Waals surface area contributed by atoms with Crippen LogP contribution in [0.3, 0.4) is 0 Å². The summed E-state index contributed by atoms with van der Waals surface area (Å²) in [5.41, 5.74) is 3.60. The highest BCUT2D eigenvalue weighted by Crippen LogP contribution is 2.28. The predicted molar refractivity (Wildman–Crippen MR) is 108 cm³/mol. The SMILES string of the molecule is Cc1ccc(-n2ncc(C(C)NC(=O)c3n[nH]c(C(C)C)c3[N+](=O)[O-])c2C)cc1. The number of aromatic nitrogens is 4. The number of benzene rings is 1. The standard InChI is InChI=1S/C20H24N6O3/c1-11(2)17-19(26(28)29)18(24-23-17)20(27)22-13(4)16-10-21-25(14(16)5)15-8-6-12(3)7-9-15/h6-11,13H,1-5H3,(H,22,27)(H,23,24). The summed E-state index contributed by atoms with van der Waals surface area (Å²) >= 11 is 0. The third-order valence-corrected chi connectivity index (χ3v) is 4.88. The average molecular weight is 396 g/mol. The molecule has 1 unspecified atom stereocenters. The summed E-state index contributed by atoms with van der Waals surface area (Å²) in [6, 6.07) is 7.56. The Balaban J connectivity index is 1.84. The molecule has 0 spiro atoms. The van der Waals surface area contributed by atoms with E-state index in [1.807, 2.05) is 45.0 Å². The van der Waals surface area contributed by atoms with Crippen LogP contribution in [0.2, 0.25) is 0 Å². The van der Waals surface area contributed by atoms with E-state index in [-0.39, 0.29) is 17.3 Å². The van der Waals surface area contributed by atoms with Crippen LogP contribution in [0.1, 0.15) is 65.7 Å². The quantitative estimate of drug-likeness (QED) is 0.486. The van der Waals surface area contributed by atoms with Crippen LogP contribution in [-0.4, -0.2) is 30.8 Å². The van der Waals surface area contributed by atoms with Gasteiger partial charge in [-0.1, -0.05) is 31.5 Å². The Hall–Kier alpha value is -3.49. The number of carbonyl (C=O) groups is 1. The van der Waals surface area contributed by atoms with E-state index in [9.17, 15) is 14.9 Å². The van der Waals surface area contributed by atoms with Crippen molar-refractivity contribution in [3.8, 4) is 5.69 Å². The van der Waals surface area contributed by atoms with Gasteiger partial charge in [0.15, 0.2) is 0 Å². The molecule has 0 fully saturated rings. The molecule has 0 aliphatic carbocycles. The van der Waals surface area contributed by atoms with Crippen LogP contribution in [0.15, 0.2) is 30.5 Å². The summed E-state index contributed by atoms with van der Waals surface area (Å²) in [6.45, 7) is 9.34. The second-order valence-corrected chi connectivity index (χ2v) is 7.37. The minimum atomic E-state index is -0.602. The zero-order valence-electron chi connectivity index (χ0n) is 17.1. The molecule has 3 rings (SSSR count). The number of rotatable bonds is 6. The van der Waals surface area contributed by atoms with Crippen LogP contribution in [0, 0.1) is 24.0 Å². The number of amides is 1. The highest BCUT2D eigenvalue weighted by atomic mass is 16.6. The van der Waals surface area contributed by atoms with Gasteiger partial charge >= 0.3 is 5.69 Å². The number of H-pyrrole nitrogens is 1. The summed E-state index contributed by atoms with van der Waals surface area (Å²) in [5.74, 6) is -0.758. The van der Waals surface area contributed by atoms with Gasteiger partial charge in [0.1, 0.15) is 5.69 Å². The minimum Gasteiger partial charge on any atom is -0.344 e. The Bertz CT molecular complexity index is 1050.